The van der Waals surface area contributed by atoms with E-state index >= 15 is 0 Å². The van der Waals surface area contributed by atoms with Crippen molar-refractivity contribution < 1.29 is 4.79 Å². The highest BCUT2D eigenvalue weighted by atomic mass is 32.2. The maximum absolute atomic E-state index is 11.9. The van der Waals surface area contributed by atoms with Gasteiger partial charge in [-0.05, 0) is 30.0 Å². The summed E-state index contributed by atoms with van der Waals surface area (Å²) in [6.07, 6.45) is 0. The molecule has 0 aliphatic heterocycles. The van der Waals surface area contributed by atoms with Crippen LogP contribution in [0, 0.1) is 6.92 Å². The molecular weight excluding hydrogens is 350 g/mol. The van der Waals surface area contributed by atoms with Crippen LogP contribution in [0.3, 0.4) is 0 Å². The van der Waals surface area contributed by atoms with E-state index in [4.69, 9.17) is 0 Å². The zero-order valence-electron chi connectivity index (χ0n) is 14.1. The van der Waals surface area contributed by atoms with E-state index in [-0.39, 0.29) is 5.91 Å². The number of aromatic nitrogens is 2. The van der Waals surface area contributed by atoms with Crippen molar-refractivity contribution >= 4 is 29.0 Å². The number of thiophene rings is 1. The van der Waals surface area contributed by atoms with Crippen LogP contribution in [0.15, 0.2) is 53.9 Å². The molecule has 6 heteroatoms. The molecule has 1 aromatic carbocycles. The Hall–Kier alpha value is -2.05. The van der Waals surface area contributed by atoms with Gasteiger partial charge < -0.3 is 5.32 Å². The van der Waals surface area contributed by atoms with E-state index in [0.29, 0.717) is 18.8 Å². The van der Waals surface area contributed by atoms with Crippen molar-refractivity contribution in [3.63, 3.8) is 0 Å². The molecule has 1 N–H and O–H groups in total. The van der Waals surface area contributed by atoms with E-state index < -0.39 is 0 Å². The third-order valence-electron chi connectivity index (χ3n) is 3.75. The van der Waals surface area contributed by atoms with Crippen LogP contribution in [0.2, 0.25) is 0 Å². The fourth-order valence-corrected chi connectivity index (χ4v) is 3.97. The number of hydrogen-bond acceptors (Lipinski definition) is 4. The molecule has 1 amide bonds. The van der Waals surface area contributed by atoms with E-state index in [1.807, 2.05) is 35.9 Å². The van der Waals surface area contributed by atoms with Crippen molar-refractivity contribution in [3.8, 4) is 10.6 Å². The maximum atomic E-state index is 11.9. The van der Waals surface area contributed by atoms with E-state index in [1.165, 1.54) is 10.4 Å². The fraction of sp³-hybridized carbons (Fsp3) is 0.263. The van der Waals surface area contributed by atoms with Gasteiger partial charge in [0, 0.05) is 18.0 Å². The molecule has 0 unspecified atom stereocenters. The molecule has 0 radical (unpaired) electrons. The Morgan fingerprint density at radius 2 is 2.08 bits per heavy atom. The van der Waals surface area contributed by atoms with Gasteiger partial charge in [-0.25, -0.2) is 0 Å². The van der Waals surface area contributed by atoms with Crippen molar-refractivity contribution in [2.45, 2.75) is 19.2 Å². The molecule has 130 valence electrons. The van der Waals surface area contributed by atoms with Gasteiger partial charge in [0.1, 0.15) is 5.69 Å². The molecular formula is C19H21N3OS2. The zero-order chi connectivity index (χ0) is 17.5. The number of carbonyl (C=O) groups excluding carboxylic acids is 1. The Balaban J connectivity index is 1.40. The topological polar surface area (TPSA) is 46.9 Å². The number of hydrogen-bond donors (Lipinski definition) is 1. The molecule has 25 heavy (non-hydrogen) atoms. The Bertz CT molecular complexity index is 797. The fourth-order valence-electron chi connectivity index (χ4n) is 2.47. The van der Waals surface area contributed by atoms with Gasteiger partial charge in [0.15, 0.2) is 0 Å². The molecule has 2 heterocycles. The lowest BCUT2D eigenvalue weighted by Gasteiger charge is -2.07. The first-order chi connectivity index (χ1) is 12.2. The minimum absolute atomic E-state index is 0.0734. The predicted octanol–water partition coefficient (Wildman–Crippen LogP) is 3.97. The summed E-state index contributed by atoms with van der Waals surface area (Å²) >= 11 is 3.32. The SMILES string of the molecule is Cc1cc(-c2cccs2)nn1CCNC(=O)CSCc1ccccc1. The number of benzene rings is 1. The Morgan fingerprint density at radius 1 is 1.24 bits per heavy atom. The third kappa shape index (κ3) is 5.21. The quantitative estimate of drug-likeness (QED) is 0.652. The summed E-state index contributed by atoms with van der Waals surface area (Å²) in [5.74, 6) is 1.41. The molecule has 0 bridgehead atoms. The van der Waals surface area contributed by atoms with Crippen LogP contribution in [0.4, 0.5) is 0 Å². The molecule has 3 rings (SSSR count). The van der Waals surface area contributed by atoms with Crippen molar-refractivity contribution in [3.05, 3.63) is 65.2 Å². The summed E-state index contributed by atoms with van der Waals surface area (Å²) in [6, 6.07) is 16.4. The van der Waals surface area contributed by atoms with Gasteiger partial charge >= 0.3 is 0 Å². The van der Waals surface area contributed by atoms with Gasteiger partial charge in [-0.1, -0.05) is 36.4 Å². The molecule has 0 saturated heterocycles. The monoisotopic (exact) mass is 371 g/mol. The summed E-state index contributed by atoms with van der Waals surface area (Å²) in [6.45, 7) is 3.32. The summed E-state index contributed by atoms with van der Waals surface area (Å²) in [7, 11) is 0. The van der Waals surface area contributed by atoms with E-state index in [1.54, 1.807) is 23.1 Å². The highest BCUT2D eigenvalue weighted by Crippen LogP contribution is 2.23. The van der Waals surface area contributed by atoms with Crippen molar-refractivity contribution in [1.82, 2.24) is 15.1 Å². The minimum atomic E-state index is 0.0734. The predicted molar refractivity (Wildman–Crippen MR) is 106 cm³/mol. The first-order valence-corrected chi connectivity index (χ1v) is 10.2. The molecule has 2 aromatic heterocycles. The molecule has 0 aliphatic carbocycles. The zero-order valence-corrected chi connectivity index (χ0v) is 15.8. The Labute approximate surface area is 156 Å². The van der Waals surface area contributed by atoms with E-state index in [2.05, 4.69) is 40.1 Å². The lowest BCUT2D eigenvalue weighted by molar-refractivity contribution is -0.118. The second-order valence-electron chi connectivity index (χ2n) is 5.70. The third-order valence-corrected chi connectivity index (χ3v) is 5.64. The van der Waals surface area contributed by atoms with Crippen LogP contribution in [0.1, 0.15) is 11.3 Å². The molecule has 0 atom stereocenters. The van der Waals surface area contributed by atoms with Gasteiger partial charge in [0.2, 0.25) is 5.91 Å². The average molecular weight is 372 g/mol. The lowest BCUT2D eigenvalue weighted by atomic mass is 10.2. The molecule has 0 fully saturated rings. The Morgan fingerprint density at radius 3 is 2.84 bits per heavy atom. The smallest absolute Gasteiger partial charge is 0.230 e. The number of rotatable bonds is 8. The second-order valence-corrected chi connectivity index (χ2v) is 7.63. The van der Waals surface area contributed by atoms with Gasteiger partial charge in [-0.3, -0.25) is 9.48 Å². The maximum Gasteiger partial charge on any atom is 0.230 e. The normalized spacial score (nSPS) is 10.8. The number of aryl methyl sites for hydroxylation is 1. The number of nitrogens with zero attached hydrogens (tertiary/aromatic N) is 2. The molecule has 4 nitrogen and oxygen atoms in total. The van der Waals surface area contributed by atoms with Crippen LogP contribution in [0.5, 0.6) is 0 Å². The highest BCUT2D eigenvalue weighted by molar-refractivity contribution is 7.99. The first kappa shape index (κ1) is 17.8. The number of carbonyl (C=O) groups is 1. The number of thioether (sulfide) groups is 1. The Kier molecular flexibility index (Phi) is 6.30. The van der Waals surface area contributed by atoms with Crippen molar-refractivity contribution in [2.75, 3.05) is 12.3 Å². The van der Waals surface area contributed by atoms with Crippen LogP contribution in [-0.4, -0.2) is 28.0 Å². The molecule has 0 aliphatic rings. The first-order valence-electron chi connectivity index (χ1n) is 8.19. The molecule has 0 saturated carbocycles. The van der Waals surface area contributed by atoms with Gasteiger partial charge in [-0.15, -0.1) is 23.1 Å². The average Bonchev–Trinajstić information content (AvgIpc) is 3.26. The van der Waals surface area contributed by atoms with Crippen LogP contribution < -0.4 is 5.32 Å². The largest absolute Gasteiger partial charge is 0.354 e. The molecule has 3 aromatic rings. The summed E-state index contributed by atoms with van der Waals surface area (Å²) in [5.41, 5.74) is 3.35. The molecule has 0 spiro atoms. The van der Waals surface area contributed by atoms with Gasteiger partial charge in [0.05, 0.1) is 17.2 Å². The van der Waals surface area contributed by atoms with E-state index in [9.17, 15) is 4.79 Å². The summed E-state index contributed by atoms with van der Waals surface area (Å²) < 4.78 is 1.95. The summed E-state index contributed by atoms with van der Waals surface area (Å²) in [5, 5.41) is 9.64. The van der Waals surface area contributed by atoms with E-state index in [0.717, 1.165) is 17.1 Å². The summed E-state index contributed by atoms with van der Waals surface area (Å²) in [4.78, 5) is 13.1. The minimum Gasteiger partial charge on any atom is -0.354 e. The van der Waals surface area contributed by atoms with Crippen LogP contribution >= 0.6 is 23.1 Å². The van der Waals surface area contributed by atoms with Gasteiger partial charge in [0.25, 0.3) is 0 Å². The lowest BCUT2D eigenvalue weighted by Crippen LogP contribution is -2.29. The highest BCUT2D eigenvalue weighted by Gasteiger charge is 2.08. The van der Waals surface area contributed by atoms with Crippen LogP contribution in [0.25, 0.3) is 10.6 Å². The van der Waals surface area contributed by atoms with Gasteiger partial charge in [-0.2, -0.15) is 5.10 Å². The van der Waals surface area contributed by atoms with Crippen molar-refractivity contribution in [1.29, 1.82) is 0 Å². The second kappa shape index (κ2) is 8.87. The van der Waals surface area contributed by atoms with Crippen molar-refractivity contribution in [2.24, 2.45) is 0 Å². The van der Waals surface area contributed by atoms with Crippen LogP contribution in [-0.2, 0) is 17.1 Å². The number of nitrogens with one attached hydrogen (secondary N) is 1. The number of amides is 1. The standard InChI is InChI=1S/C19H21N3OS2/c1-15-12-17(18-8-5-11-25-18)21-22(15)10-9-20-19(23)14-24-13-16-6-3-2-4-7-16/h2-8,11-12H,9-10,13-14H2,1H3,(H,20,23).